The predicted octanol–water partition coefficient (Wildman–Crippen LogP) is 4.64. The Bertz CT molecular complexity index is 1150. The van der Waals surface area contributed by atoms with Crippen LogP contribution < -0.4 is 5.43 Å². The lowest BCUT2D eigenvalue weighted by atomic mass is 10.2. The van der Waals surface area contributed by atoms with E-state index in [1.54, 1.807) is 24.4 Å². The first-order chi connectivity index (χ1) is 13.8. The molecule has 0 fully saturated rings. The molecule has 0 aliphatic carbocycles. The Morgan fingerprint density at radius 3 is 2.54 bits per heavy atom. The summed E-state index contributed by atoms with van der Waals surface area (Å²) < 4.78 is 0. The molecule has 0 saturated heterocycles. The van der Waals surface area contributed by atoms with Crippen LogP contribution in [0.15, 0.2) is 101 Å². The van der Waals surface area contributed by atoms with Gasteiger partial charge in [0.15, 0.2) is 5.84 Å². The highest BCUT2D eigenvalue weighted by Crippen LogP contribution is 2.15. The molecule has 0 saturated carbocycles. The first-order valence-corrected chi connectivity index (χ1v) is 8.86. The Kier molecular flexibility index (Phi) is 5.06. The van der Waals surface area contributed by atoms with Crippen molar-refractivity contribution < 1.29 is 5.11 Å². The minimum absolute atomic E-state index is 0.193. The molecule has 5 heteroatoms. The second kappa shape index (κ2) is 8.14. The molecule has 0 unspecified atom stereocenters. The van der Waals surface area contributed by atoms with Gasteiger partial charge in [0.2, 0.25) is 0 Å². The molecule has 5 nitrogen and oxygen atoms in total. The van der Waals surface area contributed by atoms with E-state index in [1.165, 1.54) is 0 Å². The van der Waals surface area contributed by atoms with Gasteiger partial charge in [-0.25, -0.2) is 9.98 Å². The van der Waals surface area contributed by atoms with Crippen molar-refractivity contribution in [1.82, 2.24) is 10.4 Å². The Labute approximate surface area is 162 Å². The van der Waals surface area contributed by atoms with E-state index in [-0.39, 0.29) is 5.75 Å². The van der Waals surface area contributed by atoms with Crippen LogP contribution in [-0.2, 0) is 0 Å². The lowest BCUT2D eigenvalue weighted by Gasteiger charge is -2.07. The van der Waals surface area contributed by atoms with Crippen LogP contribution in [0.5, 0.6) is 5.75 Å². The Morgan fingerprint density at radius 1 is 0.857 bits per heavy atom. The normalized spacial score (nSPS) is 11.8. The third-order valence-electron chi connectivity index (χ3n) is 4.09. The highest BCUT2D eigenvalue weighted by molar-refractivity contribution is 6.00. The second-order valence-corrected chi connectivity index (χ2v) is 6.15. The van der Waals surface area contributed by atoms with E-state index < -0.39 is 0 Å². The number of nitrogens with one attached hydrogen (secondary N) is 1. The van der Waals surface area contributed by atoms with Gasteiger partial charge in [0.25, 0.3) is 0 Å². The number of para-hydroxylation sites is 2. The molecule has 1 aromatic heterocycles. The molecule has 1 heterocycles. The van der Waals surface area contributed by atoms with E-state index in [1.807, 2.05) is 72.8 Å². The first-order valence-electron chi connectivity index (χ1n) is 8.86. The molecule has 2 N–H and O–H groups in total. The van der Waals surface area contributed by atoms with E-state index in [4.69, 9.17) is 4.98 Å². The molecule has 0 amide bonds. The fourth-order valence-electron chi connectivity index (χ4n) is 2.74. The van der Waals surface area contributed by atoms with Gasteiger partial charge >= 0.3 is 0 Å². The monoisotopic (exact) mass is 366 g/mol. The molecule has 4 rings (SSSR count). The number of hydrazone groups is 1. The van der Waals surface area contributed by atoms with Crippen LogP contribution in [0.25, 0.3) is 10.9 Å². The number of rotatable bonds is 4. The fourth-order valence-corrected chi connectivity index (χ4v) is 2.74. The Hall–Kier alpha value is -3.99. The molecule has 4 aromatic rings. The summed E-state index contributed by atoms with van der Waals surface area (Å²) in [4.78, 5) is 9.37. The lowest BCUT2D eigenvalue weighted by Crippen LogP contribution is -2.20. The number of hydrogen-bond acceptors (Lipinski definition) is 4. The highest BCUT2D eigenvalue weighted by Gasteiger charge is 2.06. The molecular weight excluding hydrogens is 348 g/mol. The van der Waals surface area contributed by atoms with Crippen LogP contribution in [0.2, 0.25) is 0 Å². The number of amidine groups is 1. The van der Waals surface area contributed by atoms with Crippen LogP contribution >= 0.6 is 0 Å². The van der Waals surface area contributed by atoms with Gasteiger partial charge in [-0.2, -0.15) is 5.10 Å². The molecule has 0 aliphatic heterocycles. The van der Waals surface area contributed by atoms with E-state index >= 15 is 0 Å². The number of phenolic OH excluding ortho intramolecular Hbond substituents is 1. The van der Waals surface area contributed by atoms with Crippen LogP contribution in [0.1, 0.15) is 11.3 Å². The molecule has 28 heavy (non-hydrogen) atoms. The van der Waals surface area contributed by atoms with Gasteiger partial charge in [-0.1, -0.05) is 54.6 Å². The summed E-state index contributed by atoms with van der Waals surface area (Å²) in [5.41, 5.74) is 6.15. The number of fused-ring (bicyclic) bond motifs is 1. The number of phenols is 1. The Morgan fingerprint density at radius 2 is 1.68 bits per heavy atom. The Balaban J connectivity index is 1.68. The molecule has 136 valence electrons. The fraction of sp³-hybridized carbons (Fsp3) is 0. The topological polar surface area (TPSA) is 69.9 Å². The van der Waals surface area contributed by atoms with Crippen molar-refractivity contribution in [3.8, 4) is 5.75 Å². The summed E-state index contributed by atoms with van der Waals surface area (Å²) in [6.45, 7) is 0. The largest absolute Gasteiger partial charge is 0.508 e. The molecule has 0 aliphatic rings. The van der Waals surface area contributed by atoms with Crippen LogP contribution in [0.4, 0.5) is 5.69 Å². The zero-order valence-electron chi connectivity index (χ0n) is 15.0. The quantitative estimate of drug-likeness (QED) is 0.314. The number of pyridine rings is 1. The molecule has 0 radical (unpaired) electrons. The third kappa shape index (κ3) is 4.22. The van der Waals surface area contributed by atoms with Crippen molar-refractivity contribution in [2.24, 2.45) is 10.1 Å². The number of nitrogens with zero attached hydrogens (tertiary/aromatic N) is 3. The summed E-state index contributed by atoms with van der Waals surface area (Å²) in [7, 11) is 0. The maximum atomic E-state index is 9.58. The summed E-state index contributed by atoms with van der Waals surface area (Å²) in [5.74, 6) is 0.728. The second-order valence-electron chi connectivity index (χ2n) is 6.15. The van der Waals surface area contributed by atoms with Crippen molar-refractivity contribution in [2.75, 3.05) is 0 Å². The molecule has 0 bridgehead atoms. The summed E-state index contributed by atoms with van der Waals surface area (Å²) in [6, 6.07) is 28.4. The number of aliphatic imine (C=N–C) groups is 1. The first kappa shape index (κ1) is 17.4. The van der Waals surface area contributed by atoms with Gasteiger partial charge in [0, 0.05) is 5.39 Å². The average molecular weight is 366 g/mol. The number of benzene rings is 3. The maximum absolute atomic E-state index is 9.58. The van der Waals surface area contributed by atoms with Crippen LogP contribution in [0, 0.1) is 0 Å². The van der Waals surface area contributed by atoms with Crippen LogP contribution in [-0.4, -0.2) is 22.1 Å². The predicted molar refractivity (Wildman–Crippen MR) is 113 cm³/mol. The van der Waals surface area contributed by atoms with E-state index in [9.17, 15) is 5.11 Å². The molecular formula is C23H18N4O. The number of hydrogen-bond donors (Lipinski definition) is 2. The van der Waals surface area contributed by atoms with Crippen molar-refractivity contribution in [3.63, 3.8) is 0 Å². The molecule has 3 aromatic carbocycles. The summed E-state index contributed by atoms with van der Waals surface area (Å²) in [6.07, 6.45) is 1.63. The lowest BCUT2D eigenvalue weighted by molar-refractivity contribution is 0.475. The van der Waals surface area contributed by atoms with Crippen molar-refractivity contribution in [2.45, 2.75) is 0 Å². The van der Waals surface area contributed by atoms with E-state index in [0.717, 1.165) is 22.2 Å². The zero-order chi connectivity index (χ0) is 19.2. The maximum Gasteiger partial charge on any atom is 0.173 e. The summed E-state index contributed by atoms with van der Waals surface area (Å²) in [5, 5.41) is 14.9. The number of aromatic nitrogens is 1. The third-order valence-corrected chi connectivity index (χ3v) is 4.09. The summed E-state index contributed by atoms with van der Waals surface area (Å²) >= 11 is 0. The number of aromatic hydroxyl groups is 1. The van der Waals surface area contributed by atoms with E-state index in [0.29, 0.717) is 11.5 Å². The van der Waals surface area contributed by atoms with Gasteiger partial charge in [-0.05, 0) is 42.0 Å². The van der Waals surface area contributed by atoms with Gasteiger partial charge in [0.05, 0.1) is 17.4 Å². The van der Waals surface area contributed by atoms with Crippen molar-refractivity contribution in [3.05, 3.63) is 102 Å². The SMILES string of the molecule is Oc1cccc(C=NNC(=Nc2ccccc2)c2ccc3ccccc3n2)c1. The van der Waals surface area contributed by atoms with Gasteiger partial charge in [-0.3, -0.25) is 5.43 Å². The smallest absolute Gasteiger partial charge is 0.173 e. The van der Waals surface area contributed by atoms with Gasteiger partial charge in [0.1, 0.15) is 11.4 Å². The zero-order valence-corrected chi connectivity index (χ0v) is 15.0. The van der Waals surface area contributed by atoms with Crippen LogP contribution in [0.3, 0.4) is 0 Å². The molecule has 0 spiro atoms. The van der Waals surface area contributed by atoms with E-state index in [2.05, 4.69) is 15.5 Å². The standard InChI is InChI=1S/C23H18N4O/c28-20-11-6-7-17(15-20)16-24-27-23(25-19-9-2-1-3-10-19)22-14-13-18-8-4-5-12-21(18)26-22/h1-16,28H,(H,25,27). The highest BCUT2D eigenvalue weighted by atomic mass is 16.3. The average Bonchev–Trinajstić information content (AvgIpc) is 2.73. The minimum atomic E-state index is 0.193. The van der Waals surface area contributed by atoms with Gasteiger partial charge in [-0.15, -0.1) is 0 Å². The van der Waals surface area contributed by atoms with Crippen molar-refractivity contribution >= 4 is 28.6 Å². The van der Waals surface area contributed by atoms with Gasteiger partial charge < -0.3 is 5.11 Å². The van der Waals surface area contributed by atoms with Crippen molar-refractivity contribution in [1.29, 1.82) is 0 Å². The molecule has 0 atom stereocenters. The minimum Gasteiger partial charge on any atom is -0.508 e.